The molecule has 2 fully saturated rings. The zero-order valence-corrected chi connectivity index (χ0v) is 12.3. The molecule has 6 heteroatoms. The lowest BCUT2D eigenvalue weighted by Gasteiger charge is -2.23. The number of hydrogen-bond donors (Lipinski definition) is 2. The van der Waals surface area contributed by atoms with E-state index in [1.54, 1.807) is 0 Å². The summed E-state index contributed by atoms with van der Waals surface area (Å²) < 4.78 is 0. The van der Waals surface area contributed by atoms with E-state index in [1.807, 2.05) is 0 Å². The summed E-state index contributed by atoms with van der Waals surface area (Å²) in [6.07, 6.45) is 7.49. The summed E-state index contributed by atoms with van der Waals surface area (Å²) in [6.45, 7) is 0.379. The molecular weight excluding hydrogens is 272 g/mol. The molecule has 0 aromatic heterocycles. The highest BCUT2D eigenvalue weighted by molar-refractivity contribution is 5.88. The van der Waals surface area contributed by atoms with Gasteiger partial charge < -0.3 is 15.3 Å². The Balaban J connectivity index is 1.72. The minimum absolute atomic E-state index is 0.0880. The van der Waals surface area contributed by atoms with Crippen LogP contribution in [0.3, 0.4) is 0 Å². The molecule has 2 amide bonds. The van der Waals surface area contributed by atoms with Crippen molar-refractivity contribution in [3.8, 4) is 0 Å². The summed E-state index contributed by atoms with van der Waals surface area (Å²) in [5, 5.41) is 11.7. The average molecular weight is 296 g/mol. The monoisotopic (exact) mass is 296 g/mol. The molecular formula is C15H24N2O4. The van der Waals surface area contributed by atoms with Crippen molar-refractivity contribution in [3.05, 3.63) is 0 Å². The van der Waals surface area contributed by atoms with Gasteiger partial charge in [0, 0.05) is 13.0 Å². The molecule has 1 aliphatic heterocycles. The molecule has 6 nitrogen and oxygen atoms in total. The number of amides is 2. The Labute approximate surface area is 124 Å². The molecule has 1 saturated carbocycles. The Bertz CT molecular complexity index is 404. The largest absolute Gasteiger partial charge is 0.480 e. The van der Waals surface area contributed by atoms with Gasteiger partial charge in [0.2, 0.25) is 11.8 Å². The molecule has 1 unspecified atom stereocenters. The number of carbonyl (C=O) groups is 3. The van der Waals surface area contributed by atoms with E-state index in [9.17, 15) is 14.4 Å². The number of carboxylic acid groups (broad SMARTS) is 1. The molecule has 2 rings (SSSR count). The van der Waals surface area contributed by atoms with Crippen LogP contribution in [0, 0.1) is 5.92 Å². The number of nitrogens with zero attached hydrogens (tertiary/aromatic N) is 1. The molecule has 1 aliphatic carbocycles. The molecule has 0 aromatic rings. The molecule has 2 N–H and O–H groups in total. The van der Waals surface area contributed by atoms with Crippen LogP contribution in [0.2, 0.25) is 0 Å². The first-order chi connectivity index (χ1) is 10.1. The zero-order chi connectivity index (χ0) is 15.2. The minimum Gasteiger partial charge on any atom is -0.480 e. The number of hydrogen-bond acceptors (Lipinski definition) is 3. The lowest BCUT2D eigenvalue weighted by atomic mass is 9.87. The van der Waals surface area contributed by atoms with Crippen molar-refractivity contribution in [1.82, 2.24) is 10.2 Å². The summed E-state index contributed by atoms with van der Waals surface area (Å²) in [6, 6.07) is -0.729. The predicted octanol–water partition coefficient (Wildman–Crippen LogP) is 1.15. The second kappa shape index (κ2) is 7.43. The standard InChI is InChI=1S/C15H24N2O4/c18-13(9-11-5-2-1-3-6-11)16-10-14(19)17-8-4-7-12(17)15(20)21/h11-12H,1-10H2,(H,16,18)(H,20,21). The van der Waals surface area contributed by atoms with Gasteiger partial charge in [-0.05, 0) is 31.6 Å². The van der Waals surface area contributed by atoms with Crippen LogP contribution < -0.4 is 5.32 Å². The first-order valence-corrected chi connectivity index (χ1v) is 7.87. The maximum absolute atomic E-state index is 12.0. The summed E-state index contributed by atoms with van der Waals surface area (Å²) in [5.41, 5.74) is 0. The van der Waals surface area contributed by atoms with Gasteiger partial charge in [0.1, 0.15) is 6.04 Å². The van der Waals surface area contributed by atoms with Crippen LogP contribution in [0.25, 0.3) is 0 Å². The fourth-order valence-corrected chi connectivity index (χ4v) is 3.32. The third kappa shape index (κ3) is 4.44. The lowest BCUT2D eigenvalue weighted by molar-refractivity contribution is -0.148. The van der Waals surface area contributed by atoms with Gasteiger partial charge in [-0.15, -0.1) is 0 Å². The summed E-state index contributed by atoms with van der Waals surface area (Å²) in [4.78, 5) is 36.3. The average Bonchev–Trinajstić information content (AvgIpc) is 2.95. The minimum atomic E-state index is -0.964. The van der Waals surface area contributed by atoms with Crippen LogP contribution in [0.1, 0.15) is 51.4 Å². The van der Waals surface area contributed by atoms with E-state index in [1.165, 1.54) is 24.2 Å². The van der Waals surface area contributed by atoms with E-state index in [2.05, 4.69) is 5.32 Å². The molecule has 118 valence electrons. The Kier molecular flexibility index (Phi) is 5.59. The van der Waals surface area contributed by atoms with E-state index >= 15 is 0 Å². The predicted molar refractivity (Wildman–Crippen MR) is 76.6 cm³/mol. The molecule has 2 aliphatic rings. The normalized spacial score (nSPS) is 23.0. The molecule has 21 heavy (non-hydrogen) atoms. The number of carboxylic acids is 1. The van der Waals surface area contributed by atoms with E-state index in [-0.39, 0.29) is 18.4 Å². The van der Waals surface area contributed by atoms with Gasteiger partial charge in [-0.1, -0.05) is 19.3 Å². The smallest absolute Gasteiger partial charge is 0.326 e. The molecule has 1 atom stereocenters. The number of carbonyl (C=O) groups excluding carboxylic acids is 2. The fraction of sp³-hybridized carbons (Fsp3) is 0.800. The third-order valence-electron chi connectivity index (χ3n) is 4.49. The Morgan fingerprint density at radius 3 is 2.43 bits per heavy atom. The summed E-state index contributed by atoms with van der Waals surface area (Å²) in [7, 11) is 0. The van der Waals surface area contributed by atoms with E-state index in [4.69, 9.17) is 5.11 Å². The Morgan fingerprint density at radius 2 is 1.76 bits per heavy atom. The van der Waals surface area contributed by atoms with Crippen LogP contribution in [-0.4, -0.2) is 46.9 Å². The molecule has 1 saturated heterocycles. The highest BCUT2D eigenvalue weighted by Gasteiger charge is 2.33. The molecule has 0 aromatic carbocycles. The number of nitrogens with one attached hydrogen (secondary N) is 1. The van der Waals surface area contributed by atoms with Crippen LogP contribution in [0.15, 0.2) is 0 Å². The van der Waals surface area contributed by atoms with Crippen LogP contribution in [-0.2, 0) is 14.4 Å². The maximum atomic E-state index is 12.0. The summed E-state index contributed by atoms with van der Waals surface area (Å²) >= 11 is 0. The first kappa shape index (κ1) is 15.8. The lowest BCUT2D eigenvalue weighted by Crippen LogP contribution is -2.45. The van der Waals surface area contributed by atoms with Crippen molar-refractivity contribution in [2.24, 2.45) is 5.92 Å². The molecule has 0 radical (unpaired) electrons. The number of aliphatic carboxylic acids is 1. The second-order valence-corrected chi connectivity index (χ2v) is 6.07. The molecule has 0 spiro atoms. The van der Waals surface area contributed by atoms with E-state index in [0.29, 0.717) is 31.7 Å². The first-order valence-electron chi connectivity index (χ1n) is 7.87. The highest BCUT2D eigenvalue weighted by atomic mass is 16.4. The summed E-state index contributed by atoms with van der Waals surface area (Å²) in [5.74, 6) is -0.917. The SMILES string of the molecule is O=C(CC1CCCCC1)NCC(=O)N1CCCC1C(=O)O. The fourth-order valence-electron chi connectivity index (χ4n) is 3.32. The van der Waals surface area contributed by atoms with Crippen molar-refractivity contribution < 1.29 is 19.5 Å². The topological polar surface area (TPSA) is 86.7 Å². The van der Waals surface area contributed by atoms with Gasteiger partial charge >= 0.3 is 5.97 Å². The van der Waals surface area contributed by atoms with Gasteiger partial charge in [0.15, 0.2) is 0 Å². The van der Waals surface area contributed by atoms with Gasteiger partial charge in [-0.2, -0.15) is 0 Å². The van der Waals surface area contributed by atoms with Crippen molar-refractivity contribution in [1.29, 1.82) is 0 Å². The molecule has 1 heterocycles. The van der Waals surface area contributed by atoms with Crippen molar-refractivity contribution in [2.45, 2.75) is 57.4 Å². The zero-order valence-electron chi connectivity index (χ0n) is 12.3. The van der Waals surface area contributed by atoms with Crippen molar-refractivity contribution in [3.63, 3.8) is 0 Å². The molecule has 0 bridgehead atoms. The van der Waals surface area contributed by atoms with Gasteiger partial charge in [-0.3, -0.25) is 9.59 Å². The third-order valence-corrected chi connectivity index (χ3v) is 4.49. The number of rotatable bonds is 5. The highest BCUT2D eigenvalue weighted by Crippen LogP contribution is 2.26. The Morgan fingerprint density at radius 1 is 1.05 bits per heavy atom. The van der Waals surface area contributed by atoms with Crippen molar-refractivity contribution in [2.75, 3.05) is 13.1 Å². The second-order valence-electron chi connectivity index (χ2n) is 6.07. The Hall–Kier alpha value is -1.59. The van der Waals surface area contributed by atoms with Gasteiger partial charge in [0.25, 0.3) is 0 Å². The van der Waals surface area contributed by atoms with Crippen LogP contribution in [0.4, 0.5) is 0 Å². The van der Waals surface area contributed by atoms with Gasteiger partial charge in [-0.25, -0.2) is 4.79 Å². The van der Waals surface area contributed by atoms with Crippen LogP contribution >= 0.6 is 0 Å². The van der Waals surface area contributed by atoms with E-state index in [0.717, 1.165) is 12.8 Å². The van der Waals surface area contributed by atoms with Crippen LogP contribution in [0.5, 0.6) is 0 Å². The van der Waals surface area contributed by atoms with E-state index < -0.39 is 12.0 Å². The van der Waals surface area contributed by atoms with Crippen molar-refractivity contribution >= 4 is 17.8 Å². The van der Waals surface area contributed by atoms with Gasteiger partial charge in [0.05, 0.1) is 6.54 Å². The number of likely N-dealkylation sites (tertiary alicyclic amines) is 1. The maximum Gasteiger partial charge on any atom is 0.326 e. The quantitative estimate of drug-likeness (QED) is 0.796.